The summed E-state index contributed by atoms with van der Waals surface area (Å²) in [6, 6.07) is 8.20. The first-order valence-corrected chi connectivity index (χ1v) is 7.17. The maximum Gasteiger partial charge on any atom is 0.237 e. The fraction of sp³-hybridized carbons (Fsp3) is 0.533. The number of nitrogens with zero attached hydrogens (tertiary/aromatic N) is 1. The van der Waals surface area contributed by atoms with Gasteiger partial charge in [-0.05, 0) is 50.6 Å². The van der Waals surface area contributed by atoms with E-state index in [9.17, 15) is 4.79 Å². The molecule has 0 radical (unpaired) electrons. The van der Waals surface area contributed by atoms with Crippen LogP contribution in [-0.4, -0.2) is 30.5 Å². The van der Waals surface area contributed by atoms with E-state index in [2.05, 4.69) is 22.5 Å². The highest BCUT2D eigenvalue weighted by Crippen LogP contribution is 2.20. The molecule has 20 heavy (non-hydrogen) atoms. The van der Waals surface area contributed by atoms with Crippen molar-refractivity contribution in [2.24, 2.45) is 11.8 Å². The summed E-state index contributed by atoms with van der Waals surface area (Å²) in [5, 5.41) is 0. The second-order valence-corrected chi connectivity index (χ2v) is 5.14. The zero-order chi connectivity index (χ0) is 14.4. The van der Waals surface area contributed by atoms with E-state index in [-0.39, 0.29) is 11.8 Å². The topological polar surface area (TPSA) is 67.6 Å². The lowest BCUT2D eigenvalue weighted by Gasteiger charge is -2.31. The van der Waals surface area contributed by atoms with Crippen molar-refractivity contribution in [3.05, 3.63) is 29.8 Å². The van der Waals surface area contributed by atoms with Gasteiger partial charge in [-0.3, -0.25) is 15.1 Å². The van der Waals surface area contributed by atoms with Gasteiger partial charge in [-0.1, -0.05) is 12.1 Å². The minimum absolute atomic E-state index is 0.0389. The Morgan fingerprint density at radius 3 is 2.85 bits per heavy atom. The summed E-state index contributed by atoms with van der Waals surface area (Å²) >= 11 is 0. The summed E-state index contributed by atoms with van der Waals surface area (Å²) in [7, 11) is 0. The molecule has 5 heteroatoms. The van der Waals surface area contributed by atoms with Crippen LogP contribution in [0.4, 0.5) is 0 Å². The third kappa shape index (κ3) is 3.95. The number of nitrogens with one attached hydrogen (secondary N) is 1. The highest BCUT2D eigenvalue weighted by atomic mass is 16.5. The zero-order valence-electron chi connectivity index (χ0n) is 12.0. The van der Waals surface area contributed by atoms with Crippen molar-refractivity contribution < 1.29 is 9.53 Å². The fourth-order valence-electron chi connectivity index (χ4n) is 2.63. The molecule has 0 aromatic heterocycles. The molecule has 0 aliphatic carbocycles. The molecule has 3 N–H and O–H groups in total. The number of likely N-dealkylation sites (tertiary alicyclic amines) is 1. The van der Waals surface area contributed by atoms with E-state index in [1.165, 1.54) is 5.56 Å². The number of hydrogen-bond donors (Lipinski definition) is 2. The molecular weight excluding hydrogens is 254 g/mol. The van der Waals surface area contributed by atoms with Crippen molar-refractivity contribution in [2.75, 3.05) is 19.7 Å². The number of rotatable bonds is 5. The lowest BCUT2D eigenvalue weighted by Crippen LogP contribution is -2.42. The number of carbonyl (C=O) groups is 1. The highest BCUT2D eigenvalue weighted by Gasteiger charge is 2.24. The second-order valence-electron chi connectivity index (χ2n) is 5.14. The molecule has 1 heterocycles. The van der Waals surface area contributed by atoms with Crippen molar-refractivity contribution in [2.45, 2.75) is 26.3 Å². The molecule has 1 amide bonds. The van der Waals surface area contributed by atoms with E-state index in [0.29, 0.717) is 6.61 Å². The van der Waals surface area contributed by atoms with Crippen LogP contribution in [0.1, 0.15) is 25.3 Å². The van der Waals surface area contributed by atoms with Gasteiger partial charge in [0.1, 0.15) is 5.75 Å². The summed E-state index contributed by atoms with van der Waals surface area (Å²) in [6.45, 7) is 5.43. The fourth-order valence-corrected chi connectivity index (χ4v) is 2.63. The Labute approximate surface area is 120 Å². The van der Waals surface area contributed by atoms with Crippen LogP contribution in [0.2, 0.25) is 0 Å². The molecule has 0 atom stereocenters. The van der Waals surface area contributed by atoms with E-state index in [1.54, 1.807) is 0 Å². The molecule has 0 spiro atoms. The molecule has 0 bridgehead atoms. The summed E-state index contributed by atoms with van der Waals surface area (Å²) in [6.07, 6.45) is 1.74. The Balaban J connectivity index is 1.86. The molecule has 0 saturated carbocycles. The molecular formula is C15H23N3O2. The summed E-state index contributed by atoms with van der Waals surface area (Å²) in [5.74, 6) is 6.12. The van der Waals surface area contributed by atoms with Gasteiger partial charge in [0.2, 0.25) is 5.91 Å². The van der Waals surface area contributed by atoms with Gasteiger partial charge >= 0.3 is 0 Å². The average Bonchev–Trinajstić information content (AvgIpc) is 2.48. The molecule has 1 aliphatic heterocycles. The Morgan fingerprint density at radius 1 is 1.45 bits per heavy atom. The van der Waals surface area contributed by atoms with Gasteiger partial charge in [-0.25, -0.2) is 5.84 Å². The predicted octanol–water partition coefficient (Wildman–Crippen LogP) is 1.29. The smallest absolute Gasteiger partial charge is 0.237 e. The minimum Gasteiger partial charge on any atom is -0.494 e. The number of ether oxygens (including phenoxy) is 1. The lowest BCUT2D eigenvalue weighted by molar-refractivity contribution is -0.126. The van der Waals surface area contributed by atoms with Crippen LogP contribution in [0.3, 0.4) is 0 Å². The van der Waals surface area contributed by atoms with Crippen molar-refractivity contribution in [1.29, 1.82) is 0 Å². The first kappa shape index (κ1) is 14.8. The molecule has 1 aliphatic rings. The van der Waals surface area contributed by atoms with Crippen LogP contribution < -0.4 is 16.0 Å². The van der Waals surface area contributed by atoms with Crippen LogP contribution in [0, 0.1) is 5.92 Å². The lowest BCUT2D eigenvalue weighted by atomic mass is 9.96. The third-order valence-corrected chi connectivity index (χ3v) is 3.72. The van der Waals surface area contributed by atoms with Crippen LogP contribution in [-0.2, 0) is 11.3 Å². The average molecular weight is 277 g/mol. The zero-order valence-corrected chi connectivity index (χ0v) is 12.0. The van der Waals surface area contributed by atoms with Crippen molar-refractivity contribution >= 4 is 5.91 Å². The van der Waals surface area contributed by atoms with Gasteiger partial charge in [-0.15, -0.1) is 0 Å². The molecule has 1 saturated heterocycles. The van der Waals surface area contributed by atoms with Crippen molar-refractivity contribution in [3.63, 3.8) is 0 Å². The molecule has 2 rings (SSSR count). The van der Waals surface area contributed by atoms with Gasteiger partial charge in [0, 0.05) is 12.5 Å². The first-order chi connectivity index (χ1) is 9.72. The Hall–Kier alpha value is -1.59. The Kier molecular flexibility index (Phi) is 5.38. The van der Waals surface area contributed by atoms with Crippen molar-refractivity contribution in [3.8, 4) is 5.75 Å². The maximum absolute atomic E-state index is 11.5. The van der Waals surface area contributed by atoms with Gasteiger partial charge in [-0.2, -0.15) is 0 Å². The quantitative estimate of drug-likeness (QED) is 0.483. The van der Waals surface area contributed by atoms with E-state index < -0.39 is 0 Å². The number of carbonyl (C=O) groups excluding carboxylic acids is 1. The number of amides is 1. The van der Waals surface area contributed by atoms with Gasteiger partial charge in [0.25, 0.3) is 0 Å². The third-order valence-electron chi connectivity index (χ3n) is 3.72. The molecule has 5 nitrogen and oxygen atoms in total. The molecule has 110 valence electrons. The Morgan fingerprint density at radius 2 is 2.20 bits per heavy atom. The van der Waals surface area contributed by atoms with Crippen LogP contribution in [0.15, 0.2) is 24.3 Å². The summed E-state index contributed by atoms with van der Waals surface area (Å²) in [5.41, 5.74) is 3.49. The van der Waals surface area contributed by atoms with E-state index in [4.69, 9.17) is 10.6 Å². The number of nitrogens with two attached hydrogens (primary N) is 1. The SMILES string of the molecule is CCOc1cccc(CN2CCC(C(=O)NN)CC2)c1. The summed E-state index contributed by atoms with van der Waals surface area (Å²) in [4.78, 5) is 13.8. The van der Waals surface area contributed by atoms with Crippen LogP contribution >= 0.6 is 0 Å². The Bertz CT molecular complexity index is 442. The molecule has 1 aromatic rings. The normalized spacial score (nSPS) is 16.9. The van der Waals surface area contributed by atoms with Crippen LogP contribution in [0.5, 0.6) is 5.75 Å². The number of hydrogen-bond acceptors (Lipinski definition) is 4. The standard InChI is InChI=1S/C15H23N3O2/c1-2-20-14-5-3-4-12(10-14)11-18-8-6-13(7-9-18)15(19)17-16/h3-5,10,13H,2,6-9,11,16H2,1H3,(H,17,19). The second kappa shape index (κ2) is 7.26. The number of hydrazine groups is 1. The number of benzene rings is 1. The van der Waals surface area contributed by atoms with E-state index in [0.717, 1.165) is 38.2 Å². The highest BCUT2D eigenvalue weighted by molar-refractivity contribution is 5.78. The first-order valence-electron chi connectivity index (χ1n) is 7.17. The van der Waals surface area contributed by atoms with Gasteiger partial charge in [0.15, 0.2) is 0 Å². The number of piperidine rings is 1. The van der Waals surface area contributed by atoms with Crippen LogP contribution in [0.25, 0.3) is 0 Å². The van der Waals surface area contributed by atoms with E-state index >= 15 is 0 Å². The van der Waals surface area contributed by atoms with E-state index in [1.807, 2.05) is 19.1 Å². The minimum atomic E-state index is -0.0389. The van der Waals surface area contributed by atoms with Crippen molar-refractivity contribution in [1.82, 2.24) is 10.3 Å². The van der Waals surface area contributed by atoms with Gasteiger partial charge < -0.3 is 4.74 Å². The molecule has 1 aromatic carbocycles. The largest absolute Gasteiger partial charge is 0.494 e. The molecule has 1 fully saturated rings. The maximum atomic E-state index is 11.5. The molecule has 0 unspecified atom stereocenters. The van der Waals surface area contributed by atoms with Gasteiger partial charge in [0.05, 0.1) is 6.61 Å². The summed E-state index contributed by atoms with van der Waals surface area (Å²) < 4.78 is 5.51. The monoisotopic (exact) mass is 277 g/mol. The predicted molar refractivity (Wildman–Crippen MR) is 77.9 cm³/mol.